The first-order valence-electron chi connectivity index (χ1n) is 16.2. The van der Waals surface area contributed by atoms with Gasteiger partial charge in [0.05, 0.1) is 13.0 Å². The third kappa shape index (κ3) is 30.8. The van der Waals surface area contributed by atoms with E-state index in [1.807, 2.05) is 0 Å². The molecule has 0 amide bonds. The van der Waals surface area contributed by atoms with Crippen LogP contribution in [0.1, 0.15) is 136 Å². The third-order valence-corrected chi connectivity index (χ3v) is 6.53. The Morgan fingerprint density at radius 2 is 1.18 bits per heavy atom. The van der Waals surface area contributed by atoms with Gasteiger partial charge in [-0.2, -0.15) is 0 Å². The molecule has 7 heteroatoms. The van der Waals surface area contributed by atoms with Crippen LogP contribution in [0.25, 0.3) is 0 Å². The molecule has 0 aliphatic rings. The fourth-order valence-electron chi connectivity index (χ4n) is 4.15. The van der Waals surface area contributed by atoms with Crippen LogP contribution in [0.2, 0.25) is 0 Å². The van der Waals surface area contributed by atoms with Crippen LogP contribution in [0.4, 0.5) is 0 Å². The van der Waals surface area contributed by atoms with Crippen molar-refractivity contribution in [2.45, 2.75) is 142 Å². The van der Waals surface area contributed by atoms with Crippen molar-refractivity contribution in [3.63, 3.8) is 0 Å². The fraction of sp³-hybridized carbons (Fsp3) is 0.818. The van der Waals surface area contributed by atoms with Gasteiger partial charge in [-0.05, 0) is 90.1 Å². The molecular weight excluding hydrogens is 506 g/mol. The van der Waals surface area contributed by atoms with Gasteiger partial charge in [0.1, 0.15) is 0 Å². The molecule has 0 saturated heterocycles. The number of hydrogen-bond donors (Lipinski definition) is 2. The quantitative estimate of drug-likeness (QED) is 0.0378. The van der Waals surface area contributed by atoms with Gasteiger partial charge >= 0.3 is 11.9 Å². The molecule has 0 fully saturated rings. The third-order valence-electron chi connectivity index (χ3n) is 6.53. The molecule has 234 valence electrons. The van der Waals surface area contributed by atoms with Crippen LogP contribution < -0.4 is 5.32 Å². The molecule has 2 N–H and O–H groups in total. The van der Waals surface area contributed by atoms with Gasteiger partial charge in [-0.25, -0.2) is 0 Å². The van der Waals surface area contributed by atoms with Gasteiger partial charge < -0.3 is 24.6 Å². The van der Waals surface area contributed by atoms with Crippen molar-refractivity contribution in [2.24, 2.45) is 0 Å². The minimum atomic E-state index is -0.708. The monoisotopic (exact) mass is 567 g/mol. The van der Waals surface area contributed by atoms with E-state index in [1.165, 1.54) is 6.42 Å². The fourth-order valence-corrected chi connectivity index (χ4v) is 4.15. The number of aliphatic carboxylic acids is 1. The predicted molar refractivity (Wildman–Crippen MR) is 165 cm³/mol. The summed E-state index contributed by atoms with van der Waals surface area (Å²) >= 11 is 0. The molecule has 40 heavy (non-hydrogen) atoms. The topological polar surface area (TPSA) is 94.1 Å². The van der Waals surface area contributed by atoms with Crippen LogP contribution in [0.3, 0.4) is 0 Å². The van der Waals surface area contributed by atoms with Crippen LogP contribution >= 0.6 is 0 Å². The second-order valence-corrected chi connectivity index (χ2v) is 10.4. The second-order valence-electron chi connectivity index (χ2n) is 10.4. The molecule has 0 spiro atoms. The van der Waals surface area contributed by atoms with E-state index >= 15 is 0 Å². The molecule has 0 saturated carbocycles. The van der Waals surface area contributed by atoms with Crippen LogP contribution in [0, 0.1) is 0 Å². The van der Waals surface area contributed by atoms with Crippen LogP contribution in [-0.4, -0.2) is 56.2 Å². The van der Waals surface area contributed by atoms with Crippen molar-refractivity contribution in [3.8, 4) is 0 Å². The van der Waals surface area contributed by atoms with E-state index in [1.54, 1.807) is 0 Å². The number of carbonyl (C=O) groups excluding carboxylic acids is 1. The number of ether oxygens (including phenoxy) is 3. The zero-order valence-electron chi connectivity index (χ0n) is 25.8. The summed E-state index contributed by atoms with van der Waals surface area (Å²) in [5, 5.41) is 12.0. The van der Waals surface area contributed by atoms with Gasteiger partial charge in [0.2, 0.25) is 0 Å². The predicted octanol–water partition coefficient (Wildman–Crippen LogP) is 8.13. The zero-order valence-corrected chi connectivity index (χ0v) is 25.8. The van der Waals surface area contributed by atoms with Gasteiger partial charge in [0, 0.05) is 26.1 Å². The summed E-state index contributed by atoms with van der Waals surface area (Å²) in [4.78, 5) is 22.7. The second kappa shape index (κ2) is 31.8. The van der Waals surface area contributed by atoms with E-state index in [9.17, 15) is 9.59 Å². The lowest BCUT2D eigenvalue weighted by molar-refractivity contribution is -0.159. The Kier molecular flexibility index (Phi) is 30.5. The summed E-state index contributed by atoms with van der Waals surface area (Å²) < 4.78 is 17.4. The Morgan fingerprint density at radius 1 is 0.650 bits per heavy atom. The maximum atomic E-state index is 12.2. The van der Waals surface area contributed by atoms with Gasteiger partial charge in [-0.1, -0.05) is 63.8 Å². The molecule has 0 aromatic carbocycles. The molecule has 0 atom stereocenters. The number of nitrogens with one attached hydrogen (secondary N) is 1. The first-order chi connectivity index (χ1) is 19.6. The number of carboxylic acid groups (broad SMARTS) is 1. The average molecular weight is 568 g/mol. The minimum Gasteiger partial charge on any atom is -0.481 e. The van der Waals surface area contributed by atoms with Gasteiger partial charge in [-0.15, -0.1) is 0 Å². The number of carboxylic acids is 1. The SMILES string of the molecule is CC/C=C\CCCCOC(CCC(=O)OCCCCCCCNCCCCCC(=O)O)OCCCC/C=C\CC. The van der Waals surface area contributed by atoms with E-state index in [4.69, 9.17) is 19.3 Å². The summed E-state index contributed by atoms with van der Waals surface area (Å²) in [7, 11) is 0. The molecule has 7 nitrogen and oxygen atoms in total. The highest BCUT2D eigenvalue weighted by Crippen LogP contribution is 2.11. The Labute approximate surface area is 245 Å². The Morgan fingerprint density at radius 3 is 1.75 bits per heavy atom. The number of allylic oxidation sites excluding steroid dienone is 4. The summed E-state index contributed by atoms with van der Waals surface area (Å²) in [5.41, 5.74) is 0. The first-order valence-corrected chi connectivity index (χ1v) is 16.2. The largest absolute Gasteiger partial charge is 0.481 e. The van der Waals surface area contributed by atoms with Crippen LogP contribution in [0.5, 0.6) is 0 Å². The molecule has 0 unspecified atom stereocenters. The highest BCUT2D eigenvalue weighted by Gasteiger charge is 2.13. The van der Waals surface area contributed by atoms with Crippen molar-refractivity contribution >= 4 is 11.9 Å². The van der Waals surface area contributed by atoms with Crippen molar-refractivity contribution in [2.75, 3.05) is 32.9 Å². The van der Waals surface area contributed by atoms with Crippen molar-refractivity contribution in [1.29, 1.82) is 0 Å². The number of unbranched alkanes of at least 4 members (excludes halogenated alkanes) is 10. The van der Waals surface area contributed by atoms with Crippen molar-refractivity contribution in [3.05, 3.63) is 24.3 Å². The highest BCUT2D eigenvalue weighted by molar-refractivity contribution is 5.69. The molecule has 0 radical (unpaired) electrons. The smallest absolute Gasteiger partial charge is 0.305 e. The van der Waals surface area contributed by atoms with Gasteiger partial charge in [0.25, 0.3) is 0 Å². The van der Waals surface area contributed by atoms with Crippen molar-refractivity contribution < 1.29 is 28.9 Å². The maximum absolute atomic E-state index is 12.2. The summed E-state index contributed by atoms with van der Waals surface area (Å²) in [5.74, 6) is -0.875. The molecule has 0 aliphatic carbocycles. The molecule has 0 aromatic rings. The van der Waals surface area contributed by atoms with Crippen LogP contribution in [0.15, 0.2) is 24.3 Å². The number of hydrogen-bond acceptors (Lipinski definition) is 6. The Hall–Kier alpha value is -1.70. The van der Waals surface area contributed by atoms with Crippen molar-refractivity contribution in [1.82, 2.24) is 5.32 Å². The van der Waals surface area contributed by atoms with E-state index in [0.717, 1.165) is 109 Å². The highest BCUT2D eigenvalue weighted by atomic mass is 16.7. The number of carbonyl (C=O) groups is 2. The molecule has 0 rings (SSSR count). The number of esters is 1. The van der Waals surface area contributed by atoms with Gasteiger partial charge in [0.15, 0.2) is 6.29 Å². The van der Waals surface area contributed by atoms with E-state index in [2.05, 4.69) is 43.5 Å². The lowest BCUT2D eigenvalue weighted by Gasteiger charge is -2.18. The lowest BCUT2D eigenvalue weighted by atomic mass is 10.1. The molecule has 0 aliphatic heterocycles. The molecule has 0 heterocycles. The number of rotatable bonds is 31. The molecular formula is C33H61NO6. The first kappa shape index (κ1) is 38.3. The normalized spacial score (nSPS) is 11.8. The molecule has 0 bridgehead atoms. The maximum Gasteiger partial charge on any atom is 0.305 e. The summed E-state index contributed by atoms with van der Waals surface area (Å²) in [6.07, 6.45) is 26.3. The van der Waals surface area contributed by atoms with E-state index in [0.29, 0.717) is 32.7 Å². The summed E-state index contributed by atoms with van der Waals surface area (Å²) in [6.45, 7) is 8.05. The lowest BCUT2D eigenvalue weighted by Crippen LogP contribution is -2.21. The Bertz CT molecular complexity index is 598. The van der Waals surface area contributed by atoms with E-state index < -0.39 is 5.97 Å². The average Bonchev–Trinajstić information content (AvgIpc) is 2.94. The van der Waals surface area contributed by atoms with E-state index in [-0.39, 0.29) is 18.7 Å². The van der Waals surface area contributed by atoms with Gasteiger partial charge in [-0.3, -0.25) is 9.59 Å². The summed E-state index contributed by atoms with van der Waals surface area (Å²) in [6, 6.07) is 0. The zero-order chi connectivity index (χ0) is 29.4. The Balaban J connectivity index is 3.87. The standard InChI is InChI=1S/C33H61NO6/c1-3-5-7-9-13-21-29-39-33(40-30-22-14-10-8-6-4-2)25-24-32(37)38-28-20-15-11-12-18-26-34-27-19-16-17-23-31(35)36/h5-8,33-34H,3-4,9-30H2,1-2H3,(H,35,36)/b7-5-,8-6-. The minimum absolute atomic E-state index is 0.167. The molecule has 0 aromatic heterocycles. The van der Waals surface area contributed by atoms with Crippen LogP contribution in [-0.2, 0) is 23.8 Å².